The molecule has 1 heterocycles. The van der Waals surface area contributed by atoms with Crippen LogP contribution in [0.25, 0.3) is 0 Å². The zero-order chi connectivity index (χ0) is 13.9. The van der Waals surface area contributed by atoms with E-state index in [9.17, 15) is 9.59 Å². The van der Waals surface area contributed by atoms with E-state index in [0.29, 0.717) is 11.3 Å². The number of nitrogens with one attached hydrogen (secondary N) is 1. The number of aryl methyl sites for hydroxylation is 2. The second-order valence-corrected chi connectivity index (χ2v) is 4.30. The number of nitrogens with zero attached hydrogens (tertiary/aromatic N) is 2. The van der Waals surface area contributed by atoms with Crippen molar-refractivity contribution in [2.75, 3.05) is 0 Å². The van der Waals surface area contributed by atoms with Gasteiger partial charge in [-0.3, -0.25) is 14.3 Å². The molecular formula is C12H19N3O3. The van der Waals surface area contributed by atoms with E-state index < -0.39 is 12.0 Å². The van der Waals surface area contributed by atoms with Crippen LogP contribution in [0.5, 0.6) is 0 Å². The van der Waals surface area contributed by atoms with Gasteiger partial charge in [0.15, 0.2) is 0 Å². The first-order valence-corrected chi connectivity index (χ1v) is 5.96. The fourth-order valence-electron chi connectivity index (χ4n) is 1.79. The van der Waals surface area contributed by atoms with E-state index in [1.807, 2.05) is 13.8 Å². The fraction of sp³-hybridized carbons (Fsp3) is 0.583. The molecule has 0 aromatic carbocycles. The molecule has 1 rings (SSSR count). The highest BCUT2D eigenvalue weighted by Crippen LogP contribution is 2.13. The summed E-state index contributed by atoms with van der Waals surface area (Å²) in [6.07, 6.45) is 0.925. The Balaban J connectivity index is 2.95. The molecule has 0 unspecified atom stereocenters. The van der Waals surface area contributed by atoms with Gasteiger partial charge in [0.25, 0.3) is 5.91 Å². The molecule has 0 saturated heterocycles. The van der Waals surface area contributed by atoms with Crippen LogP contribution in [-0.4, -0.2) is 32.8 Å². The Labute approximate surface area is 106 Å². The van der Waals surface area contributed by atoms with Crippen LogP contribution in [0.15, 0.2) is 0 Å². The molecule has 6 nitrogen and oxygen atoms in total. The number of carbonyl (C=O) groups excluding carboxylic acids is 1. The van der Waals surface area contributed by atoms with Crippen molar-refractivity contribution in [3.05, 3.63) is 17.0 Å². The van der Waals surface area contributed by atoms with Gasteiger partial charge in [0.2, 0.25) is 0 Å². The van der Waals surface area contributed by atoms with Crippen LogP contribution in [0.1, 0.15) is 42.0 Å². The SMILES string of the molecule is CCCn1nc(C)c(C(=O)N[C@@H](C)C(=O)O)c1C. The quantitative estimate of drug-likeness (QED) is 0.823. The minimum absolute atomic E-state index is 0.387. The average molecular weight is 253 g/mol. The van der Waals surface area contributed by atoms with Crippen molar-refractivity contribution in [3.63, 3.8) is 0 Å². The first kappa shape index (κ1) is 14.2. The van der Waals surface area contributed by atoms with Crippen LogP contribution in [0, 0.1) is 13.8 Å². The lowest BCUT2D eigenvalue weighted by molar-refractivity contribution is -0.138. The molecule has 18 heavy (non-hydrogen) atoms. The van der Waals surface area contributed by atoms with Crippen LogP contribution in [-0.2, 0) is 11.3 Å². The number of aromatic nitrogens is 2. The second kappa shape index (κ2) is 5.66. The summed E-state index contributed by atoms with van der Waals surface area (Å²) in [5.41, 5.74) is 1.86. The Hall–Kier alpha value is -1.85. The Bertz CT molecular complexity index is 465. The summed E-state index contributed by atoms with van der Waals surface area (Å²) in [6, 6.07) is -0.911. The molecule has 0 bridgehead atoms. The molecule has 0 radical (unpaired) electrons. The van der Waals surface area contributed by atoms with Crippen LogP contribution >= 0.6 is 0 Å². The van der Waals surface area contributed by atoms with Gasteiger partial charge in [-0.25, -0.2) is 0 Å². The van der Waals surface area contributed by atoms with E-state index in [1.165, 1.54) is 6.92 Å². The molecule has 0 aliphatic heterocycles. The number of hydrogen-bond donors (Lipinski definition) is 2. The highest BCUT2D eigenvalue weighted by Gasteiger charge is 2.21. The summed E-state index contributed by atoms with van der Waals surface area (Å²) in [5.74, 6) is -1.44. The van der Waals surface area contributed by atoms with Gasteiger partial charge in [0.05, 0.1) is 11.3 Å². The van der Waals surface area contributed by atoms with Gasteiger partial charge >= 0.3 is 5.97 Å². The van der Waals surface area contributed by atoms with Crippen molar-refractivity contribution in [1.82, 2.24) is 15.1 Å². The minimum Gasteiger partial charge on any atom is -0.480 e. The van der Waals surface area contributed by atoms with Crippen LogP contribution < -0.4 is 5.32 Å². The lowest BCUT2D eigenvalue weighted by Crippen LogP contribution is -2.38. The first-order chi connectivity index (χ1) is 8.38. The molecule has 2 N–H and O–H groups in total. The monoisotopic (exact) mass is 253 g/mol. The van der Waals surface area contributed by atoms with E-state index >= 15 is 0 Å². The molecule has 100 valence electrons. The van der Waals surface area contributed by atoms with E-state index in [4.69, 9.17) is 5.11 Å². The number of carbonyl (C=O) groups is 2. The Kier molecular flexibility index (Phi) is 4.47. The van der Waals surface area contributed by atoms with Crippen molar-refractivity contribution in [2.45, 2.75) is 46.7 Å². The average Bonchev–Trinajstić information content (AvgIpc) is 2.54. The minimum atomic E-state index is -1.06. The zero-order valence-electron chi connectivity index (χ0n) is 11.1. The summed E-state index contributed by atoms with van der Waals surface area (Å²) in [7, 11) is 0. The number of amides is 1. The summed E-state index contributed by atoms with van der Waals surface area (Å²) in [6.45, 7) is 7.77. The second-order valence-electron chi connectivity index (χ2n) is 4.30. The van der Waals surface area contributed by atoms with E-state index in [2.05, 4.69) is 10.4 Å². The predicted octanol–water partition coefficient (Wildman–Crippen LogP) is 1.11. The van der Waals surface area contributed by atoms with Crippen molar-refractivity contribution in [3.8, 4) is 0 Å². The van der Waals surface area contributed by atoms with Crippen molar-refractivity contribution >= 4 is 11.9 Å². The first-order valence-electron chi connectivity index (χ1n) is 5.96. The highest BCUT2D eigenvalue weighted by atomic mass is 16.4. The summed E-state index contributed by atoms with van der Waals surface area (Å²) in [5, 5.41) is 15.5. The number of aliphatic carboxylic acids is 1. The largest absolute Gasteiger partial charge is 0.480 e. The van der Waals surface area contributed by atoms with Gasteiger partial charge < -0.3 is 10.4 Å². The van der Waals surface area contributed by atoms with Crippen molar-refractivity contribution in [1.29, 1.82) is 0 Å². The fourth-order valence-corrected chi connectivity index (χ4v) is 1.79. The lowest BCUT2D eigenvalue weighted by Gasteiger charge is -2.09. The van der Waals surface area contributed by atoms with E-state index in [1.54, 1.807) is 11.6 Å². The van der Waals surface area contributed by atoms with E-state index in [-0.39, 0.29) is 5.91 Å². The van der Waals surface area contributed by atoms with Gasteiger partial charge in [-0.2, -0.15) is 5.10 Å². The topological polar surface area (TPSA) is 84.2 Å². The molecule has 0 spiro atoms. The highest BCUT2D eigenvalue weighted by molar-refractivity contribution is 5.98. The predicted molar refractivity (Wildman–Crippen MR) is 66.6 cm³/mol. The summed E-state index contributed by atoms with van der Waals surface area (Å²) >= 11 is 0. The molecule has 1 atom stereocenters. The Morgan fingerprint density at radius 3 is 2.56 bits per heavy atom. The smallest absolute Gasteiger partial charge is 0.325 e. The van der Waals surface area contributed by atoms with Crippen molar-refractivity contribution in [2.24, 2.45) is 0 Å². The van der Waals surface area contributed by atoms with Gasteiger partial charge in [-0.1, -0.05) is 6.92 Å². The molecule has 0 saturated carbocycles. The number of hydrogen-bond acceptors (Lipinski definition) is 3. The standard InChI is InChI=1S/C12H19N3O3/c1-5-6-15-9(4)10(7(2)14-15)11(16)13-8(3)12(17)18/h8H,5-6H2,1-4H3,(H,13,16)(H,17,18)/t8-/m0/s1. The number of carboxylic acids is 1. The van der Waals surface area contributed by atoms with E-state index in [0.717, 1.165) is 18.7 Å². The third-order valence-corrected chi connectivity index (χ3v) is 2.76. The normalized spacial score (nSPS) is 12.2. The Morgan fingerprint density at radius 2 is 2.06 bits per heavy atom. The van der Waals surface area contributed by atoms with Crippen molar-refractivity contribution < 1.29 is 14.7 Å². The third-order valence-electron chi connectivity index (χ3n) is 2.76. The maximum absolute atomic E-state index is 12.0. The molecule has 0 aliphatic carbocycles. The molecular weight excluding hydrogens is 234 g/mol. The molecule has 6 heteroatoms. The molecule has 0 aliphatic rings. The van der Waals surface area contributed by atoms with Crippen LogP contribution in [0.3, 0.4) is 0 Å². The molecule has 0 fully saturated rings. The summed E-state index contributed by atoms with van der Waals surface area (Å²) in [4.78, 5) is 22.7. The zero-order valence-corrected chi connectivity index (χ0v) is 11.1. The van der Waals surface area contributed by atoms with Gasteiger partial charge in [-0.05, 0) is 27.2 Å². The molecule has 1 amide bonds. The maximum Gasteiger partial charge on any atom is 0.325 e. The van der Waals surface area contributed by atoms with Gasteiger partial charge in [-0.15, -0.1) is 0 Å². The molecule has 1 aromatic heterocycles. The summed E-state index contributed by atoms with van der Waals surface area (Å²) < 4.78 is 1.77. The van der Waals surface area contributed by atoms with Gasteiger partial charge in [0.1, 0.15) is 6.04 Å². The Morgan fingerprint density at radius 1 is 1.44 bits per heavy atom. The third kappa shape index (κ3) is 2.88. The lowest BCUT2D eigenvalue weighted by atomic mass is 10.1. The molecule has 1 aromatic rings. The van der Waals surface area contributed by atoms with Crippen LogP contribution in [0.4, 0.5) is 0 Å². The number of carboxylic acid groups (broad SMARTS) is 1. The van der Waals surface area contributed by atoms with Crippen LogP contribution in [0.2, 0.25) is 0 Å². The van der Waals surface area contributed by atoms with Gasteiger partial charge in [0, 0.05) is 12.2 Å². The number of rotatable bonds is 5. The maximum atomic E-state index is 12.0.